The second-order valence-electron chi connectivity index (χ2n) is 4.64. The minimum atomic E-state index is 0.455. The molecule has 1 aliphatic carbocycles. The fourth-order valence-electron chi connectivity index (χ4n) is 2.16. The Morgan fingerprint density at radius 1 is 1.36 bits per heavy atom. The van der Waals surface area contributed by atoms with Gasteiger partial charge in [0.05, 0.1) is 0 Å². The van der Waals surface area contributed by atoms with E-state index >= 15 is 0 Å². The van der Waals surface area contributed by atoms with Gasteiger partial charge in [-0.25, -0.2) is 0 Å². The Balaban J connectivity index is 2.40. The van der Waals surface area contributed by atoms with Gasteiger partial charge in [-0.1, -0.05) is 27.2 Å². The van der Waals surface area contributed by atoms with Crippen molar-refractivity contribution < 1.29 is 0 Å². The van der Waals surface area contributed by atoms with Gasteiger partial charge in [-0.3, -0.25) is 0 Å². The molecule has 0 aliphatic heterocycles. The van der Waals surface area contributed by atoms with Crippen LogP contribution in [0.5, 0.6) is 0 Å². The second kappa shape index (κ2) is 6.02. The molecule has 14 heavy (non-hydrogen) atoms. The zero-order valence-electron chi connectivity index (χ0n) is 9.83. The molecule has 0 aromatic rings. The Morgan fingerprint density at radius 3 is 2.64 bits per heavy atom. The molecule has 1 saturated carbocycles. The highest BCUT2D eigenvalue weighted by Crippen LogP contribution is 2.35. The maximum absolute atomic E-state index is 6.18. The molecule has 0 bridgehead atoms. The molecule has 2 N–H and O–H groups in total. The molecule has 0 spiro atoms. The van der Waals surface area contributed by atoms with E-state index in [2.05, 4.69) is 32.5 Å². The van der Waals surface area contributed by atoms with Crippen molar-refractivity contribution in [2.24, 2.45) is 11.7 Å². The van der Waals surface area contributed by atoms with Crippen LogP contribution in [0.4, 0.5) is 0 Å². The van der Waals surface area contributed by atoms with E-state index in [9.17, 15) is 0 Å². The van der Waals surface area contributed by atoms with Crippen molar-refractivity contribution in [1.29, 1.82) is 0 Å². The van der Waals surface area contributed by atoms with Gasteiger partial charge in [0.15, 0.2) is 0 Å². The van der Waals surface area contributed by atoms with Gasteiger partial charge in [0.2, 0.25) is 0 Å². The summed E-state index contributed by atoms with van der Waals surface area (Å²) in [6, 6.07) is 0.455. The monoisotopic (exact) mass is 215 g/mol. The summed E-state index contributed by atoms with van der Waals surface area (Å²) in [6.07, 6.45) is 6.56. The molecule has 2 heteroatoms. The highest BCUT2D eigenvalue weighted by Gasteiger charge is 2.28. The Morgan fingerprint density at radius 2 is 2.07 bits per heavy atom. The van der Waals surface area contributed by atoms with Crippen LogP contribution in [0.15, 0.2) is 0 Å². The molecule has 4 atom stereocenters. The molecule has 1 rings (SSSR count). The summed E-state index contributed by atoms with van der Waals surface area (Å²) in [4.78, 5) is 0. The molecule has 0 saturated heterocycles. The third kappa shape index (κ3) is 3.47. The van der Waals surface area contributed by atoms with Crippen LogP contribution in [0.1, 0.15) is 52.9 Å². The topological polar surface area (TPSA) is 26.0 Å². The van der Waals surface area contributed by atoms with Crippen LogP contribution < -0.4 is 5.73 Å². The minimum Gasteiger partial charge on any atom is -0.327 e. The standard InChI is InChI=1S/C12H25NS/c1-4-9(3)14-12-8-10(5-2)6-7-11(12)13/h9-12H,4-8,13H2,1-3H3. The first-order chi connectivity index (χ1) is 6.67. The number of hydrogen-bond donors (Lipinski definition) is 1. The Bertz CT molecular complexity index is 158. The van der Waals surface area contributed by atoms with Crippen LogP contribution in [-0.4, -0.2) is 16.5 Å². The van der Waals surface area contributed by atoms with Crippen LogP contribution in [0.2, 0.25) is 0 Å². The smallest absolute Gasteiger partial charge is 0.0204 e. The number of nitrogens with two attached hydrogens (primary N) is 1. The molecule has 84 valence electrons. The van der Waals surface area contributed by atoms with E-state index in [1.807, 2.05) is 0 Å². The first kappa shape index (κ1) is 12.4. The molecule has 0 aromatic heterocycles. The summed E-state index contributed by atoms with van der Waals surface area (Å²) in [5, 5.41) is 1.50. The van der Waals surface area contributed by atoms with E-state index in [1.54, 1.807) is 0 Å². The molecule has 1 fully saturated rings. The lowest BCUT2D eigenvalue weighted by molar-refractivity contribution is 0.327. The van der Waals surface area contributed by atoms with Crippen molar-refractivity contribution in [1.82, 2.24) is 0 Å². The summed E-state index contributed by atoms with van der Waals surface area (Å²) in [6.45, 7) is 6.91. The summed E-state index contributed by atoms with van der Waals surface area (Å²) >= 11 is 2.12. The van der Waals surface area contributed by atoms with Crippen molar-refractivity contribution in [3.8, 4) is 0 Å². The molecule has 4 unspecified atom stereocenters. The van der Waals surface area contributed by atoms with Gasteiger partial charge in [-0.05, 0) is 31.6 Å². The van der Waals surface area contributed by atoms with Crippen molar-refractivity contribution in [2.75, 3.05) is 0 Å². The summed E-state index contributed by atoms with van der Waals surface area (Å²) in [7, 11) is 0. The van der Waals surface area contributed by atoms with Crippen molar-refractivity contribution >= 4 is 11.8 Å². The molecular formula is C12H25NS. The van der Waals surface area contributed by atoms with Gasteiger partial charge in [-0.2, -0.15) is 11.8 Å². The quantitative estimate of drug-likeness (QED) is 0.777. The lowest BCUT2D eigenvalue weighted by atomic mass is 9.84. The Labute approximate surface area is 93.2 Å². The first-order valence-electron chi connectivity index (χ1n) is 6.08. The van der Waals surface area contributed by atoms with Gasteiger partial charge in [-0.15, -0.1) is 0 Å². The highest BCUT2D eigenvalue weighted by molar-refractivity contribution is 8.00. The maximum Gasteiger partial charge on any atom is 0.0204 e. The van der Waals surface area contributed by atoms with E-state index in [4.69, 9.17) is 5.73 Å². The zero-order chi connectivity index (χ0) is 10.6. The Kier molecular flexibility index (Phi) is 5.32. The Hall–Kier alpha value is 0.310. The molecule has 1 aliphatic rings. The lowest BCUT2D eigenvalue weighted by Crippen LogP contribution is -2.39. The number of hydrogen-bond acceptors (Lipinski definition) is 2. The van der Waals surface area contributed by atoms with E-state index in [1.165, 1.54) is 32.1 Å². The molecular weight excluding hydrogens is 190 g/mol. The highest BCUT2D eigenvalue weighted by atomic mass is 32.2. The first-order valence-corrected chi connectivity index (χ1v) is 7.02. The van der Waals surface area contributed by atoms with Gasteiger partial charge in [0.1, 0.15) is 0 Å². The SMILES string of the molecule is CCC1CCC(N)C(SC(C)CC)C1. The van der Waals surface area contributed by atoms with E-state index in [0.29, 0.717) is 6.04 Å². The summed E-state index contributed by atoms with van der Waals surface area (Å²) in [5.74, 6) is 0.941. The van der Waals surface area contributed by atoms with E-state index in [-0.39, 0.29) is 0 Å². The summed E-state index contributed by atoms with van der Waals surface area (Å²) in [5.41, 5.74) is 6.18. The van der Waals surface area contributed by atoms with E-state index < -0.39 is 0 Å². The number of thioether (sulfide) groups is 1. The van der Waals surface area contributed by atoms with E-state index in [0.717, 1.165) is 16.4 Å². The predicted molar refractivity (Wildman–Crippen MR) is 66.7 cm³/mol. The predicted octanol–water partition coefficient (Wildman–Crippen LogP) is 3.42. The third-order valence-corrected chi connectivity index (χ3v) is 5.20. The lowest BCUT2D eigenvalue weighted by Gasteiger charge is -2.34. The van der Waals surface area contributed by atoms with Crippen LogP contribution in [0, 0.1) is 5.92 Å². The molecule has 0 radical (unpaired) electrons. The molecule has 0 heterocycles. The second-order valence-corrected chi connectivity index (χ2v) is 6.33. The summed E-state index contributed by atoms with van der Waals surface area (Å²) < 4.78 is 0. The van der Waals surface area contributed by atoms with Gasteiger partial charge in [0.25, 0.3) is 0 Å². The average molecular weight is 215 g/mol. The zero-order valence-corrected chi connectivity index (χ0v) is 10.6. The van der Waals surface area contributed by atoms with Crippen LogP contribution >= 0.6 is 11.8 Å². The number of rotatable bonds is 4. The van der Waals surface area contributed by atoms with Crippen LogP contribution in [0.25, 0.3) is 0 Å². The fraction of sp³-hybridized carbons (Fsp3) is 1.00. The minimum absolute atomic E-state index is 0.455. The normalized spacial score (nSPS) is 35.6. The van der Waals surface area contributed by atoms with Crippen molar-refractivity contribution in [3.05, 3.63) is 0 Å². The van der Waals surface area contributed by atoms with Crippen molar-refractivity contribution in [3.63, 3.8) is 0 Å². The van der Waals surface area contributed by atoms with Gasteiger partial charge >= 0.3 is 0 Å². The average Bonchev–Trinajstić information content (AvgIpc) is 2.21. The van der Waals surface area contributed by atoms with Gasteiger partial charge in [0, 0.05) is 16.5 Å². The molecule has 1 nitrogen and oxygen atoms in total. The van der Waals surface area contributed by atoms with Crippen LogP contribution in [-0.2, 0) is 0 Å². The molecule has 0 aromatic carbocycles. The largest absolute Gasteiger partial charge is 0.327 e. The maximum atomic E-state index is 6.18. The fourth-order valence-corrected chi connectivity index (χ4v) is 3.67. The van der Waals surface area contributed by atoms with Crippen molar-refractivity contribution in [2.45, 2.75) is 69.4 Å². The molecule has 0 amide bonds. The van der Waals surface area contributed by atoms with Crippen LogP contribution in [0.3, 0.4) is 0 Å². The third-order valence-electron chi connectivity index (χ3n) is 3.51. The van der Waals surface area contributed by atoms with Gasteiger partial charge < -0.3 is 5.73 Å².